The molecule has 1 aromatic rings. The second kappa shape index (κ2) is 12.2. The summed E-state index contributed by atoms with van der Waals surface area (Å²) in [5.74, 6) is 1.24. The van der Waals surface area contributed by atoms with Crippen LogP contribution in [0.25, 0.3) is 0 Å². The number of unbranched alkanes of at least 4 members (excludes halogenated alkanes) is 1. The van der Waals surface area contributed by atoms with Gasteiger partial charge in [0.15, 0.2) is 0 Å². The largest absolute Gasteiger partial charge is 0.303 e. The number of piperidine rings is 1. The molecule has 0 saturated carbocycles. The third kappa shape index (κ3) is 9.20. The van der Waals surface area contributed by atoms with Gasteiger partial charge < -0.3 is 4.90 Å². The van der Waals surface area contributed by atoms with Crippen LogP contribution >= 0.6 is 0 Å². The van der Waals surface area contributed by atoms with E-state index in [0.29, 0.717) is 11.7 Å². The molecule has 1 aromatic heterocycles. The van der Waals surface area contributed by atoms with Crippen LogP contribution in [0.15, 0.2) is 12.4 Å². The van der Waals surface area contributed by atoms with Gasteiger partial charge in [0, 0.05) is 25.1 Å². The number of ketones is 1. The lowest BCUT2D eigenvalue weighted by molar-refractivity contribution is -0.122. The summed E-state index contributed by atoms with van der Waals surface area (Å²) in [5, 5.41) is 4.17. The molecule has 2 rings (SSSR count). The second-order valence-corrected chi connectivity index (χ2v) is 7.76. The molecule has 0 atom stereocenters. The fourth-order valence-electron chi connectivity index (χ4n) is 2.96. The fourth-order valence-corrected chi connectivity index (χ4v) is 2.96. The topological polar surface area (TPSA) is 38.1 Å². The Morgan fingerprint density at radius 3 is 2.28 bits per heavy atom. The van der Waals surface area contributed by atoms with Crippen molar-refractivity contribution in [1.82, 2.24) is 14.7 Å². The van der Waals surface area contributed by atoms with Gasteiger partial charge in [-0.2, -0.15) is 5.10 Å². The quantitative estimate of drug-likeness (QED) is 0.627. The molecule has 25 heavy (non-hydrogen) atoms. The SMILES string of the molecule is CC(C)C(=O)CCCCN1CCCCC1.CCn1cc(C(C)C)cn1. The molecule has 0 aliphatic carbocycles. The number of carbonyl (C=O) groups is 1. The molecule has 144 valence electrons. The first-order chi connectivity index (χ1) is 11.9. The van der Waals surface area contributed by atoms with E-state index in [1.807, 2.05) is 24.7 Å². The Morgan fingerprint density at radius 1 is 1.12 bits per heavy atom. The normalized spacial score (nSPS) is 15.3. The molecule has 1 aliphatic rings. The van der Waals surface area contributed by atoms with Crippen molar-refractivity contribution in [2.24, 2.45) is 5.92 Å². The lowest BCUT2D eigenvalue weighted by Crippen LogP contribution is -2.30. The predicted molar refractivity (Wildman–Crippen MR) is 106 cm³/mol. The maximum absolute atomic E-state index is 11.4. The van der Waals surface area contributed by atoms with Crippen LogP contribution < -0.4 is 0 Å². The molecule has 0 amide bonds. The fraction of sp³-hybridized carbons (Fsp3) is 0.810. The van der Waals surface area contributed by atoms with E-state index in [1.54, 1.807) is 0 Å². The van der Waals surface area contributed by atoms with Crippen LogP contribution in [0, 0.1) is 5.92 Å². The molecular formula is C21H39N3O. The van der Waals surface area contributed by atoms with Crippen LogP contribution in [0.5, 0.6) is 0 Å². The third-order valence-corrected chi connectivity index (χ3v) is 4.88. The first-order valence-corrected chi connectivity index (χ1v) is 10.2. The predicted octanol–water partition coefficient (Wildman–Crippen LogP) is 4.89. The van der Waals surface area contributed by atoms with E-state index in [2.05, 4.69) is 37.0 Å². The zero-order chi connectivity index (χ0) is 18.7. The number of aromatic nitrogens is 2. The van der Waals surface area contributed by atoms with Crippen molar-refractivity contribution in [3.05, 3.63) is 18.0 Å². The maximum Gasteiger partial charge on any atom is 0.135 e. The molecule has 0 aromatic carbocycles. The summed E-state index contributed by atoms with van der Waals surface area (Å²) < 4.78 is 1.95. The van der Waals surface area contributed by atoms with Crippen molar-refractivity contribution in [1.29, 1.82) is 0 Å². The van der Waals surface area contributed by atoms with E-state index in [1.165, 1.54) is 50.9 Å². The first-order valence-electron chi connectivity index (χ1n) is 10.2. The van der Waals surface area contributed by atoms with Gasteiger partial charge in [0.05, 0.1) is 6.20 Å². The lowest BCUT2D eigenvalue weighted by atomic mass is 10.0. The zero-order valence-corrected chi connectivity index (χ0v) is 17.1. The Balaban J connectivity index is 0.000000271. The highest BCUT2D eigenvalue weighted by atomic mass is 16.1. The van der Waals surface area contributed by atoms with E-state index in [4.69, 9.17) is 0 Å². The molecule has 0 radical (unpaired) electrons. The average Bonchev–Trinajstić information content (AvgIpc) is 3.09. The number of carbonyl (C=O) groups excluding carboxylic acids is 1. The van der Waals surface area contributed by atoms with Crippen LogP contribution in [0.3, 0.4) is 0 Å². The van der Waals surface area contributed by atoms with Crippen LogP contribution in [0.2, 0.25) is 0 Å². The number of hydrogen-bond acceptors (Lipinski definition) is 3. The van der Waals surface area contributed by atoms with Gasteiger partial charge in [-0.15, -0.1) is 0 Å². The Labute approximate surface area is 155 Å². The molecule has 1 fully saturated rings. The molecule has 1 aliphatic heterocycles. The Kier molecular flexibility index (Phi) is 10.7. The highest BCUT2D eigenvalue weighted by Gasteiger charge is 2.10. The smallest absolute Gasteiger partial charge is 0.135 e. The Hall–Kier alpha value is -1.16. The number of Topliss-reactive ketones (excluding diaryl/α,β-unsaturated/α-hetero) is 1. The Bertz CT molecular complexity index is 473. The van der Waals surface area contributed by atoms with Crippen molar-refractivity contribution in [3.8, 4) is 0 Å². The molecular weight excluding hydrogens is 310 g/mol. The molecule has 1 saturated heterocycles. The minimum absolute atomic E-state index is 0.222. The van der Waals surface area contributed by atoms with Crippen LogP contribution in [-0.4, -0.2) is 40.1 Å². The van der Waals surface area contributed by atoms with Crippen LogP contribution in [0.4, 0.5) is 0 Å². The second-order valence-electron chi connectivity index (χ2n) is 7.76. The van der Waals surface area contributed by atoms with Gasteiger partial charge in [0.25, 0.3) is 0 Å². The first kappa shape index (κ1) is 21.9. The minimum atomic E-state index is 0.222. The highest BCUT2D eigenvalue weighted by Crippen LogP contribution is 2.12. The van der Waals surface area contributed by atoms with E-state index >= 15 is 0 Å². The summed E-state index contributed by atoms with van der Waals surface area (Å²) in [6.07, 6.45) is 11.2. The summed E-state index contributed by atoms with van der Waals surface area (Å²) in [6, 6.07) is 0. The van der Waals surface area contributed by atoms with Gasteiger partial charge in [-0.25, -0.2) is 0 Å². The van der Waals surface area contributed by atoms with Gasteiger partial charge in [0.1, 0.15) is 5.78 Å². The lowest BCUT2D eigenvalue weighted by Gasteiger charge is -2.26. The molecule has 0 bridgehead atoms. The summed E-state index contributed by atoms with van der Waals surface area (Å²) in [7, 11) is 0. The molecule has 0 unspecified atom stereocenters. The van der Waals surface area contributed by atoms with Gasteiger partial charge in [-0.05, 0) is 63.7 Å². The third-order valence-electron chi connectivity index (χ3n) is 4.88. The monoisotopic (exact) mass is 349 g/mol. The standard InChI is InChI=1S/C13H25NO.C8H14N2/c1-12(2)13(15)8-4-7-11-14-9-5-3-6-10-14;1-4-10-6-8(5-9-10)7(2)3/h12H,3-11H2,1-2H3;5-7H,4H2,1-3H3. The van der Waals surface area contributed by atoms with Crippen molar-refractivity contribution < 1.29 is 4.79 Å². The van der Waals surface area contributed by atoms with Gasteiger partial charge in [-0.1, -0.05) is 34.1 Å². The van der Waals surface area contributed by atoms with Gasteiger partial charge >= 0.3 is 0 Å². The number of likely N-dealkylation sites (tertiary alicyclic amines) is 1. The molecule has 2 heterocycles. The van der Waals surface area contributed by atoms with Gasteiger partial charge in [0.2, 0.25) is 0 Å². The molecule has 0 N–H and O–H groups in total. The molecule has 4 nitrogen and oxygen atoms in total. The van der Waals surface area contributed by atoms with E-state index in [0.717, 1.165) is 19.4 Å². The van der Waals surface area contributed by atoms with Crippen LogP contribution in [0.1, 0.15) is 84.6 Å². The highest BCUT2D eigenvalue weighted by molar-refractivity contribution is 5.80. The van der Waals surface area contributed by atoms with Crippen molar-refractivity contribution in [3.63, 3.8) is 0 Å². The number of aryl methyl sites for hydroxylation is 1. The van der Waals surface area contributed by atoms with Crippen molar-refractivity contribution in [2.45, 2.75) is 85.6 Å². The minimum Gasteiger partial charge on any atom is -0.303 e. The number of hydrogen-bond donors (Lipinski definition) is 0. The average molecular weight is 350 g/mol. The van der Waals surface area contributed by atoms with Gasteiger partial charge in [-0.3, -0.25) is 9.48 Å². The van der Waals surface area contributed by atoms with Crippen molar-refractivity contribution >= 4 is 5.78 Å². The summed E-state index contributed by atoms with van der Waals surface area (Å²) in [4.78, 5) is 13.9. The van der Waals surface area contributed by atoms with E-state index in [-0.39, 0.29) is 5.92 Å². The zero-order valence-electron chi connectivity index (χ0n) is 17.1. The van der Waals surface area contributed by atoms with Crippen LogP contribution in [-0.2, 0) is 11.3 Å². The molecule has 4 heteroatoms. The Morgan fingerprint density at radius 2 is 1.80 bits per heavy atom. The summed E-state index contributed by atoms with van der Waals surface area (Å²) >= 11 is 0. The summed E-state index contributed by atoms with van der Waals surface area (Å²) in [5.41, 5.74) is 1.32. The van der Waals surface area contributed by atoms with E-state index < -0.39 is 0 Å². The number of nitrogens with zero attached hydrogens (tertiary/aromatic N) is 3. The number of rotatable bonds is 8. The summed E-state index contributed by atoms with van der Waals surface area (Å²) in [6.45, 7) is 15.2. The molecule has 0 spiro atoms. The van der Waals surface area contributed by atoms with E-state index in [9.17, 15) is 4.79 Å². The maximum atomic E-state index is 11.4. The van der Waals surface area contributed by atoms with Crippen molar-refractivity contribution in [2.75, 3.05) is 19.6 Å².